The van der Waals surface area contributed by atoms with Gasteiger partial charge < -0.3 is 14.8 Å². The number of aryl methyl sites for hydroxylation is 2. The normalized spacial score (nSPS) is 16.0. The zero-order valence-electron chi connectivity index (χ0n) is 17.1. The number of amides is 1. The molecule has 1 amide bonds. The van der Waals surface area contributed by atoms with Crippen LogP contribution in [-0.4, -0.2) is 46.4 Å². The summed E-state index contributed by atoms with van der Waals surface area (Å²) in [6, 6.07) is 11.1. The van der Waals surface area contributed by atoms with Crippen molar-refractivity contribution in [2.24, 2.45) is 0 Å². The maximum Gasteiger partial charge on any atom is 0.263 e. The first-order chi connectivity index (χ1) is 13.7. The lowest BCUT2D eigenvalue weighted by Crippen LogP contribution is -2.51. The third kappa shape index (κ3) is 4.82. The standard InChI is InChI=1S/C21H26N2O5S/c1-14-8-9-19-17(12-14)23(29(4,25)26)13-20(28-19)21(24)22-10-11-27-18-7-5-6-15(2)16(18)3/h5-9,12,20H,10-11,13H2,1-4H3,(H,22,24)/t20-/m0/s1. The van der Waals surface area contributed by atoms with Gasteiger partial charge in [0.2, 0.25) is 10.0 Å². The molecule has 1 heterocycles. The Hall–Kier alpha value is -2.74. The Morgan fingerprint density at radius 2 is 2.00 bits per heavy atom. The second-order valence-corrected chi connectivity index (χ2v) is 9.12. The van der Waals surface area contributed by atoms with Crippen LogP contribution in [0, 0.1) is 20.8 Å². The third-order valence-corrected chi connectivity index (χ3v) is 6.04. The summed E-state index contributed by atoms with van der Waals surface area (Å²) in [6.45, 7) is 6.38. The Morgan fingerprint density at radius 1 is 1.24 bits per heavy atom. The largest absolute Gasteiger partial charge is 0.491 e. The monoisotopic (exact) mass is 418 g/mol. The fraction of sp³-hybridized carbons (Fsp3) is 0.381. The molecular formula is C21H26N2O5S. The number of fused-ring (bicyclic) bond motifs is 1. The molecule has 0 spiro atoms. The van der Waals surface area contributed by atoms with Crippen molar-refractivity contribution in [3.63, 3.8) is 0 Å². The van der Waals surface area contributed by atoms with Gasteiger partial charge in [-0.05, 0) is 55.7 Å². The molecule has 0 saturated carbocycles. The van der Waals surface area contributed by atoms with Crippen LogP contribution in [0.4, 0.5) is 5.69 Å². The smallest absolute Gasteiger partial charge is 0.263 e. The third-order valence-electron chi connectivity index (χ3n) is 4.89. The maximum absolute atomic E-state index is 12.6. The Bertz CT molecular complexity index is 1020. The molecule has 0 saturated heterocycles. The van der Waals surface area contributed by atoms with Crippen molar-refractivity contribution in [2.75, 3.05) is 30.3 Å². The Labute approximate surface area is 171 Å². The van der Waals surface area contributed by atoms with Gasteiger partial charge in [-0.3, -0.25) is 9.10 Å². The van der Waals surface area contributed by atoms with Gasteiger partial charge in [-0.15, -0.1) is 0 Å². The van der Waals surface area contributed by atoms with Gasteiger partial charge in [0, 0.05) is 0 Å². The molecule has 7 nitrogen and oxygen atoms in total. The highest BCUT2D eigenvalue weighted by Crippen LogP contribution is 2.35. The van der Waals surface area contributed by atoms with E-state index in [2.05, 4.69) is 5.32 Å². The van der Waals surface area contributed by atoms with Crippen molar-refractivity contribution >= 4 is 21.6 Å². The second-order valence-electron chi connectivity index (χ2n) is 7.21. The molecule has 0 aliphatic carbocycles. The number of carbonyl (C=O) groups is 1. The van der Waals surface area contributed by atoms with Gasteiger partial charge in [0.05, 0.1) is 25.0 Å². The summed E-state index contributed by atoms with van der Waals surface area (Å²) in [5, 5.41) is 2.76. The SMILES string of the molecule is Cc1ccc2c(c1)N(S(C)(=O)=O)C[C@@H](C(=O)NCCOc1cccc(C)c1C)O2. The Kier molecular flexibility index (Phi) is 6.02. The number of nitrogens with zero attached hydrogens (tertiary/aromatic N) is 1. The average molecular weight is 419 g/mol. The number of nitrogens with one attached hydrogen (secondary N) is 1. The molecule has 0 unspecified atom stereocenters. The van der Waals surface area contributed by atoms with Gasteiger partial charge in [0.15, 0.2) is 6.10 Å². The highest BCUT2D eigenvalue weighted by Gasteiger charge is 2.34. The molecule has 8 heteroatoms. The summed E-state index contributed by atoms with van der Waals surface area (Å²) in [5.74, 6) is 0.772. The Morgan fingerprint density at radius 3 is 2.72 bits per heavy atom. The topological polar surface area (TPSA) is 84.9 Å². The summed E-state index contributed by atoms with van der Waals surface area (Å²) in [6.07, 6.45) is 0.192. The molecule has 2 aromatic rings. The van der Waals surface area contributed by atoms with Crippen molar-refractivity contribution in [1.29, 1.82) is 0 Å². The molecule has 2 aromatic carbocycles. The van der Waals surface area contributed by atoms with Gasteiger partial charge in [-0.2, -0.15) is 0 Å². The van der Waals surface area contributed by atoms with Crippen LogP contribution >= 0.6 is 0 Å². The maximum atomic E-state index is 12.6. The van der Waals surface area contributed by atoms with E-state index in [1.165, 1.54) is 4.31 Å². The second kappa shape index (κ2) is 8.32. The minimum absolute atomic E-state index is 0.0705. The molecule has 1 atom stereocenters. The lowest BCUT2D eigenvalue weighted by Gasteiger charge is -2.34. The lowest BCUT2D eigenvalue weighted by molar-refractivity contribution is -0.127. The number of carbonyl (C=O) groups excluding carboxylic acids is 1. The zero-order chi connectivity index (χ0) is 21.2. The van der Waals surface area contributed by atoms with E-state index < -0.39 is 16.1 Å². The van der Waals surface area contributed by atoms with E-state index in [4.69, 9.17) is 9.47 Å². The van der Waals surface area contributed by atoms with E-state index in [1.54, 1.807) is 12.1 Å². The molecule has 0 fully saturated rings. The first kappa shape index (κ1) is 21.0. The number of benzene rings is 2. The van der Waals surface area contributed by atoms with Crippen molar-refractivity contribution in [3.05, 3.63) is 53.1 Å². The average Bonchev–Trinajstić information content (AvgIpc) is 2.66. The van der Waals surface area contributed by atoms with Crippen LogP contribution in [0.2, 0.25) is 0 Å². The van der Waals surface area contributed by atoms with E-state index in [-0.39, 0.29) is 19.0 Å². The summed E-state index contributed by atoms with van der Waals surface area (Å²) < 4.78 is 37.2. The highest BCUT2D eigenvalue weighted by atomic mass is 32.2. The van der Waals surface area contributed by atoms with Crippen LogP contribution in [0.3, 0.4) is 0 Å². The number of ether oxygens (including phenoxy) is 2. The molecule has 156 valence electrons. The van der Waals surface area contributed by atoms with Crippen LogP contribution in [0.15, 0.2) is 36.4 Å². The molecule has 1 aliphatic heterocycles. The summed E-state index contributed by atoms with van der Waals surface area (Å²) in [7, 11) is -3.54. The van der Waals surface area contributed by atoms with Gasteiger partial charge in [-0.1, -0.05) is 18.2 Å². The van der Waals surface area contributed by atoms with Crippen LogP contribution in [0.5, 0.6) is 11.5 Å². The van der Waals surface area contributed by atoms with Crippen LogP contribution in [0.25, 0.3) is 0 Å². The number of sulfonamides is 1. The van der Waals surface area contributed by atoms with Gasteiger partial charge in [-0.25, -0.2) is 8.42 Å². The number of anilines is 1. The van der Waals surface area contributed by atoms with Crippen molar-refractivity contribution < 1.29 is 22.7 Å². The summed E-state index contributed by atoms with van der Waals surface area (Å²) in [5.41, 5.74) is 3.56. The van der Waals surface area contributed by atoms with Crippen LogP contribution < -0.4 is 19.1 Å². The first-order valence-corrected chi connectivity index (χ1v) is 11.2. The molecule has 0 radical (unpaired) electrons. The predicted molar refractivity (Wildman–Crippen MR) is 112 cm³/mol. The molecular weight excluding hydrogens is 392 g/mol. The zero-order valence-corrected chi connectivity index (χ0v) is 17.9. The minimum atomic E-state index is -3.54. The summed E-state index contributed by atoms with van der Waals surface area (Å²) in [4.78, 5) is 12.6. The number of rotatable bonds is 6. The number of hydrogen-bond donors (Lipinski definition) is 1. The van der Waals surface area contributed by atoms with E-state index >= 15 is 0 Å². The first-order valence-electron chi connectivity index (χ1n) is 9.38. The van der Waals surface area contributed by atoms with E-state index in [0.717, 1.165) is 28.7 Å². The summed E-state index contributed by atoms with van der Waals surface area (Å²) >= 11 is 0. The minimum Gasteiger partial charge on any atom is -0.491 e. The molecule has 3 rings (SSSR count). The predicted octanol–water partition coefficient (Wildman–Crippen LogP) is 2.33. The quantitative estimate of drug-likeness (QED) is 0.728. The molecule has 29 heavy (non-hydrogen) atoms. The van der Waals surface area contributed by atoms with Crippen molar-refractivity contribution in [3.8, 4) is 11.5 Å². The van der Waals surface area contributed by atoms with E-state index in [9.17, 15) is 13.2 Å². The van der Waals surface area contributed by atoms with Gasteiger partial charge in [0.1, 0.15) is 18.1 Å². The molecule has 0 aromatic heterocycles. The molecule has 1 N–H and O–H groups in total. The van der Waals surface area contributed by atoms with E-state index in [0.29, 0.717) is 18.0 Å². The number of hydrogen-bond acceptors (Lipinski definition) is 5. The van der Waals surface area contributed by atoms with Gasteiger partial charge in [0.25, 0.3) is 5.91 Å². The van der Waals surface area contributed by atoms with E-state index in [1.807, 2.05) is 45.0 Å². The van der Waals surface area contributed by atoms with Crippen molar-refractivity contribution in [2.45, 2.75) is 26.9 Å². The lowest BCUT2D eigenvalue weighted by atomic mass is 10.1. The van der Waals surface area contributed by atoms with Crippen LogP contribution in [0.1, 0.15) is 16.7 Å². The fourth-order valence-electron chi connectivity index (χ4n) is 3.14. The fourth-order valence-corrected chi connectivity index (χ4v) is 4.05. The molecule has 0 bridgehead atoms. The Balaban J connectivity index is 1.62. The molecule has 1 aliphatic rings. The van der Waals surface area contributed by atoms with Gasteiger partial charge >= 0.3 is 0 Å². The van der Waals surface area contributed by atoms with Crippen molar-refractivity contribution in [1.82, 2.24) is 5.32 Å². The van der Waals surface area contributed by atoms with Crippen LogP contribution in [-0.2, 0) is 14.8 Å². The highest BCUT2D eigenvalue weighted by molar-refractivity contribution is 7.92.